The van der Waals surface area contributed by atoms with Crippen LogP contribution in [0, 0.1) is 0 Å². The predicted molar refractivity (Wildman–Crippen MR) is 168 cm³/mol. The number of hydrogen-bond acceptors (Lipinski definition) is 7. The molecule has 0 saturated heterocycles. The van der Waals surface area contributed by atoms with Crippen LogP contribution in [0.5, 0.6) is 5.75 Å². The predicted octanol–water partition coefficient (Wildman–Crippen LogP) is 7.77. The first-order valence-electron chi connectivity index (χ1n) is 12.9. The highest BCUT2D eigenvalue weighted by Crippen LogP contribution is 2.40. The minimum Gasteiger partial charge on any atom is -0.489 e. The van der Waals surface area contributed by atoms with E-state index in [1.807, 2.05) is 44.2 Å². The molecule has 2 aromatic heterocycles. The van der Waals surface area contributed by atoms with Crippen molar-refractivity contribution in [2.45, 2.75) is 26.4 Å². The van der Waals surface area contributed by atoms with E-state index in [9.17, 15) is 13.2 Å². The van der Waals surface area contributed by atoms with Crippen molar-refractivity contribution in [3.8, 4) is 27.4 Å². The van der Waals surface area contributed by atoms with Crippen LogP contribution in [0.3, 0.4) is 0 Å². The molecular formula is C30H27Cl2N3O5S2. The summed E-state index contributed by atoms with van der Waals surface area (Å²) in [5, 5.41) is 6.24. The lowest BCUT2D eigenvalue weighted by atomic mass is 10.0. The number of rotatable bonds is 9. The van der Waals surface area contributed by atoms with E-state index in [-0.39, 0.29) is 18.1 Å². The van der Waals surface area contributed by atoms with E-state index in [2.05, 4.69) is 9.88 Å². The Morgan fingerprint density at radius 2 is 1.76 bits per heavy atom. The Balaban J connectivity index is 1.40. The van der Waals surface area contributed by atoms with E-state index in [1.165, 1.54) is 25.4 Å². The number of benzene rings is 3. The van der Waals surface area contributed by atoms with Gasteiger partial charge in [0.25, 0.3) is 5.91 Å². The summed E-state index contributed by atoms with van der Waals surface area (Å²) in [6.07, 6.45) is 0. The maximum absolute atomic E-state index is 12.6. The summed E-state index contributed by atoms with van der Waals surface area (Å²) >= 11 is 14.5. The molecule has 1 N–H and O–H groups in total. The largest absolute Gasteiger partial charge is 0.489 e. The minimum atomic E-state index is -3.90. The number of hydrogen-bond donors (Lipinski definition) is 1. The fraction of sp³-hybridized carbons (Fsp3) is 0.200. The summed E-state index contributed by atoms with van der Waals surface area (Å²) in [6, 6.07) is 20.0. The molecular weight excluding hydrogens is 617 g/mol. The molecule has 8 nitrogen and oxygen atoms in total. The van der Waals surface area contributed by atoms with Crippen LogP contribution in [-0.4, -0.2) is 37.9 Å². The molecule has 0 bridgehead atoms. The van der Waals surface area contributed by atoms with Gasteiger partial charge in [0, 0.05) is 40.7 Å². The van der Waals surface area contributed by atoms with Gasteiger partial charge in [-0.2, -0.15) is 12.7 Å². The fourth-order valence-corrected chi connectivity index (χ4v) is 6.51. The van der Waals surface area contributed by atoms with Gasteiger partial charge < -0.3 is 9.26 Å². The Kier molecular flexibility index (Phi) is 8.63. The average Bonchev–Trinajstić information content (AvgIpc) is 3.56. The number of nitrogens with one attached hydrogen (secondary N) is 1. The van der Waals surface area contributed by atoms with Crippen LogP contribution >= 0.6 is 34.5 Å². The van der Waals surface area contributed by atoms with Crippen molar-refractivity contribution in [1.82, 2.24) is 14.2 Å². The van der Waals surface area contributed by atoms with E-state index < -0.39 is 16.1 Å². The van der Waals surface area contributed by atoms with Crippen molar-refractivity contribution in [2.24, 2.45) is 0 Å². The first kappa shape index (κ1) is 30.1. The van der Waals surface area contributed by atoms with Gasteiger partial charge in [-0.25, -0.2) is 4.72 Å². The molecule has 0 saturated carbocycles. The van der Waals surface area contributed by atoms with Crippen LogP contribution in [0.15, 0.2) is 71.3 Å². The van der Waals surface area contributed by atoms with Gasteiger partial charge in [-0.1, -0.05) is 60.4 Å². The maximum Gasteiger partial charge on any atom is 0.303 e. The van der Waals surface area contributed by atoms with Gasteiger partial charge in [0.05, 0.1) is 15.6 Å². The summed E-state index contributed by atoms with van der Waals surface area (Å²) in [7, 11) is -1.20. The molecule has 0 unspecified atom stereocenters. The van der Waals surface area contributed by atoms with E-state index in [4.69, 9.17) is 32.5 Å². The Morgan fingerprint density at radius 1 is 1.05 bits per heavy atom. The minimum absolute atomic E-state index is 0.0642. The SMILES string of the molecule is CC(C)c1onc(-c2c(Cl)cccc2Cl)c1COc1ccc2cc(-c3cccc(C(=O)NS(=O)(=O)N(C)C)c3)sc2c1. The second kappa shape index (κ2) is 12.1. The Labute approximate surface area is 258 Å². The zero-order valence-corrected chi connectivity index (χ0v) is 26.3. The number of amides is 1. The lowest BCUT2D eigenvalue weighted by molar-refractivity contribution is 0.0979. The Bertz CT molecular complexity index is 1880. The molecule has 5 aromatic rings. The molecule has 3 aromatic carbocycles. The first-order chi connectivity index (χ1) is 19.9. The smallest absolute Gasteiger partial charge is 0.303 e. The highest BCUT2D eigenvalue weighted by Gasteiger charge is 2.24. The van der Waals surface area contributed by atoms with Crippen LogP contribution in [0.25, 0.3) is 31.8 Å². The lowest BCUT2D eigenvalue weighted by Crippen LogP contribution is -2.39. The van der Waals surface area contributed by atoms with Gasteiger partial charge in [-0.3, -0.25) is 4.79 Å². The highest BCUT2D eigenvalue weighted by atomic mass is 35.5. The number of fused-ring (bicyclic) bond motifs is 1. The van der Waals surface area contributed by atoms with E-state index >= 15 is 0 Å². The summed E-state index contributed by atoms with van der Waals surface area (Å²) in [6.45, 7) is 4.23. The van der Waals surface area contributed by atoms with Crippen LogP contribution < -0.4 is 9.46 Å². The number of carbonyl (C=O) groups is 1. The summed E-state index contributed by atoms with van der Waals surface area (Å²) in [4.78, 5) is 13.5. The molecule has 0 spiro atoms. The maximum atomic E-state index is 12.6. The monoisotopic (exact) mass is 643 g/mol. The summed E-state index contributed by atoms with van der Waals surface area (Å²) in [5.41, 5.74) is 2.96. The second-order valence-corrected chi connectivity index (χ2v) is 13.8. The number of aromatic nitrogens is 1. The molecule has 12 heteroatoms. The highest BCUT2D eigenvalue weighted by molar-refractivity contribution is 7.87. The molecule has 218 valence electrons. The quantitative estimate of drug-likeness (QED) is 0.176. The van der Waals surface area contributed by atoms with E-state index in [0.717, 1.165) is 30.4 Å². The molecule has 0 aliphatic carbocycles. The number of halogens is 2. The molecule has 0 fully saturated rings. The van der Waals surface area contributed by atoms with Crippen LogP contribution in [-0.2, 0) is 16.8 Å². The van der Waals surface area contributed by atoms with Gasteiger partial charge in [0.2, 0.25) is 0 Å². The normalized spacial score (nSPS) is 11.9. The van der Waals surface area contributed by atoms with Crippen LogP contribution in [0.2, 0.25) is 10.0 Å². The van der Waals surface area contributed by atoms with Gasteiger partial charge in [0.1, 0.15) is 23.8 Å². The molecule has 2 heterocycles. The number of carbonyl (C=O) groups excluding carboxylic acids is 1. The molecule has 0 radical (unpaired) electrons. The zero-order valence-electron chi connectivity index (χ0n) is 23.1. The van der Waals surface area contributed by atoms with Crippen molar-refractivity contribution < 1.29 is 22.5 Å². The van der Waals surface area contributed by atoms with Gasteiger partial charge in [-0.15, -0.1) is 11.3 Å². The van der Waals surface area contributed by atoms with Gasteiger partial charge in [-0.05, 0) is 59.5 Å². The van der Waals surface area contributed by atoms with Gasteiger partial charge >= 0.3 is 10.2 Å². The average molecular weight is 645 g/mol. The first-order valence-corrected chi connectivity index (χ1v) is 15.9. The molecule has 5 rings (SSSR count). The molecule has 0 aliphatic rings. The fourth-order valence-electron chi connectivity index (χ4n) is 4.32. The topological polar surface area (TPSA) is 102 Å². The molecule has 0 atom stereocenters. The summed E-state index contributed by atoms with van der Waals surface area (Å²) < 4.78 is 40.1. The molecule has 1 amide bonds. The number of ether oxygens (including phenoxy) is 1. The molecule has 42 heavy (non-hydrogen) atoms. The van der Waals surface area contributed by atoms with Crippen molar-refractivity contribution >= 4 is 60.7 Å². The molecule has 0 aliphatic heterocycles. The van der Waals surface area contributed by atoms with Crippen molar-refractivity contribution in [3.05, 3.63) is 93.7 Å². The van der Waals surface area contributed by atoms with Crippen LogP contribution in [0.1, 0.15) is 41.4 Å². The number of thiophene rings is 1. The van der Waals surface area contributed by atoms with E-state index in [0.29, 0.717) is 32.8 Å². The van der Waals surface area contributed by atoms with Crippen LogP contribution in [0.4, 0.5) is 0 Å². The third-order valence-corrected chi connectivity index (χ3v) is 9.71. The number of nitrogens with zero attached hydrogens (tertiary/aromatic N) is 2. The Morgan fingerprint density at radius 3 is 2.45 bits per heavy atom. The van der Waals surface area contributed by atoms with Crippen molar-refractivity contribution in [3.63, 3.8) is 0 Å². The lowest BCUT2D eigenvalue weighted by Gasteiger charge is -2.12. The second-order valence-electron chi connectivity index (χ2n) is 10.0. The third kappa shape index (κ3) is 6.18. The standard InChI is InChI=1S/C30H27Cl2N3O5S2/c1-17(2)29-22(28(33-40-29)27-23(31)9-6-10-24(27)32)16-39-21-12-11-19-14-25(41-26(19)15-21)18-7-5-8-20(13-18)30(36)34-42(37,38)35(3)4/h5-15,17H,16H2,1-4H3,(H,34,36). The van der Waals surface area contributed by atoms with Crippen molar-refractivity contribution in [2.75, 3.05) is 14.1 Å². The third-order valence-electron chi connectivity index (χ3n) is 6.53. The zero-order chi connectivity index (χ0) is 30.2. The summed E-state index contributed by atoms with van der Waals surface area (Å²) in [5.74, 6) is 0.719. The van der Waals surface area contributed by atoms with Gasteiger partial charge in [0.15, 0.2) is 0 Å². The van der Waals surface area contributed by atoms with Crippen molar-refractivity contribution in [1.29, 1.82) is 0 Å². The van der Waals surface area contributed by atoms with E-state index in [1.54, 1.807) is 36.4 Å². The Hall–Kier alpha value is -3.41.